The van der Waals surface area contributed by atoms with Crippen LogP contribution in [0.15, 0.2) is 42.5 Å². The molecule has 28 heavy (non-hydrogen) atoms. The van der Waals surface area contributed by atoms with E-state index in [2.05, 4.69) is 4.57 Å². The third-order valence-electron chi connectivity index (χ3n) is 5.98. The van der Waals surface area contributed by atoms with Gasteiger partial charge in [-0.15, -0.1) is 0 Å². The SMILES string of the molecule is CCC(CC)(Cc1c(C)c2cc(F)ccc2n1Cc1ccc(Cl)cc1)C(=O)O. The van der Waals surface area contributed by atoms with Crippen molar-refractivity contribution in [3.05, 3.63) is 70.1 Å². The highest BCUT2D eigenvalue weighted by Gasteiger charge is 2.37. The number of hydrogen-bond donors (Lipinski definition) is 1. The third kappa shape index (κ3) is 3.66. The van der Waals surface area contributed by atoms with Crippen molar-refractivity contribution in [2.45, 2.75) is 46.6 Å². The molecule has 0 spiro atoms. The number of aryl methyl sites for hydroxylation is 1. The average Bonchev–Trinajstić information content (AvgIpc) is 2.92. The molecule has 0 fully saturated rings. The van der Waals surface area contributed by atoms with Crippen LogP contribution >= 0.6 is 11.6 Å². The van der Waals surface area contributed by atoms with Crippen LogP contribution in [0, 0.1) is 18.2 Å². The van der Waals surface area contributed by atoms with Crippen LogP contribution in [0.25, 0.3) is 10.9 Å². The molecule has 0 saturated carbocycles. The topological polar surface area (TPSA) is 42.2 Å². The summed E-state index contributed by atoms with van der Waals surface area (Å²) in [6.07, 6.45) is 1.48. The molecule has 0 aliphatic carbocycles. The summed E-state index contributed by atoms with van der Waals surface area (Å²) in [5.74, 6) is -1.08. The normalized spacial score (nSPS) is 11.9. The Morgan fingerprint density at radius 2 is 1.79 bits per heavy atom. The Hall–Kier alpha value is -2.33. The first-order valence-electron chi connectivity index (χ1n) is 9.56. The third-order valence-corrected chi connectivity index (χ3v) is 6.23. The Morgan fingerprint density at radius 3 is 2.36 bits per heavy atom. The molecule has 5 heteroatoms. The molecule has 0 aliphatic rings. The van der Waals surface area contributed by atoms with Crippen LogP contribution in [-0.4, -0.2) is 15.6 Å². The molecular formula is C23H25ClFNO2. The second-order valence-corrected chi connectivity index (χ2v) is 7.85. The lowest BCUT2D eigenvalue weighted by molar-refractivity contribution is -0.149. The van der Waals surface area contributed by atoms with Gasteiger partial charge < -0.3 is 9.67 Å². The monoisotopic (exact) mass is 401 g/mol. The highest BCUT2D eigenvalue weighted by Crippen LogP contribution is 2.36. The Balaban J connectivity index is 2.18. The van der Waals surface area contributed by atoms with Crippen LogP contribution in [0.2, 0.25) is 5.02 Å². The largest absolute Gasteiger partial charge is 0.481 e. The highest BCUT2D eigenvalue weighted by atomic mass is 35.5. The molecule has 0 amide bonds. The lowest BCUT2D eigenvalue weighted by Crippen LogP contribution is -2.33. The average molecular weight is 402 g/mol. The lowest BCUT2D eigenvalue weighted by atomic mass is 9.77. The second-order valence-electron chi connectivity index (χ2n) is 7.42. The first-order chi connectivity index (χ1) is 13.3. The van der Waals surface area contributed by atoms with Gasteiger partial charge in [0.15, 0.2) is 0 Å². The number of nitrogens with zero attached hydrogens (tertiary/aromatic N) is 1. The van der Waals surface area contributed by atoms with Crippen LogP contribution in [0.4, 0.5) is 4.39 Å². The zero-order chi connectivity index (χ0) is 20.5. The number of carboxylic acids is 1. The maximum atomic E-state index is 13.9. The molecule has 0 aliphatic heterocycles. The zero-order valence-electron chi connectivity index (χ0n) is 16.4. The van der Waals surface area contributed by atoms with Crippen molar-refractivity contribution in [3.8, 4) is 0 Å². The summed E-state index contributed by atoms with van der Waals surface area (Å²) < 4.78 is 16.0. The van der Waals surface area contributed by atoms with E-state index < -0.39 is 11.4 Å². The molecule has 148 valence electrons. The number of rotatable bonds is 7. The zero-order valence-corrected chi connectivity index (χ0v) is 17.2. The Morgan fingerprint density at radius 1 is 1.14 bits per heavy atom. The standard InChI is InChI=1S/C23H25ClFNO2/c1-4-23(5-2,22(27)28)13-21-15(3)19-12-18(25)10-11-20(19)26(21)14-16-6-8-17(24)9-7-16/h6-12H,4-5,13-14H2,1-3H3,(H,27,28). The van der Waals surface area contributed by atoms with E-state index in [9.17, 15) is 14.3 Å². The minimum absolute atomic E-state index is 0.290. The van der Waals surface area contributed by atoms with E-state index >= 15 is 0 Å². The predicted octanol–water partition coefficient (Wildman–Crippen LogP) is 6.22. The molecule has 1 N–H and O–H groups in total. The van der Waals surface area contributed by atoms with Crippen molar-refractivity contribution >= 4 is 28.5 Å². The fraction of sp³-hybridized carbons (Fsp3) is 0.348. The number of carbonyl (C=O) groups is 1. The molecule has 3 rings (SSSR count). The number of benzene rings is 2. The maximum absolute atomic E-state index is 13.9. The Labute approximate surface area is 169 Å². The summed E-state index contributed by atoms with van der Waals surface area (Å²) in [6, 6.07) is 12.4. The van der Waals surface area contributed by atoms with E-state index in [-0.39, 0.29) is 5.82 Å². The van der Waals surface area contributed by atoms with Crippen LogP contribution in [-0.2, 0) is 17.8 Å². The van der Waals surface area contributed by atoms with Crippen LogP contribution in [0.5, 0.6) is 0 Å². The first kappa shape index (κ1) is 20.4. The summed E-state index contributed by atoms with van der Waals surface area (Å²) in [4.78, 5) is 12.1. The van der Waals surface area contributed by atoms with Gasteiger partial charge in [-0.25, -0.2) is 4.39 Å². The van der Waals surface area contributed by atoms with E-state index in [1.165, 1.54) is 12.1 Å². The van der Waals surface area contributed by atoms with E-state index in [0.29, 0.717) is 30.8 Å². The van der Waals surface area contributed by atoms with Gasteiger partial charge >= 0.3 is 5.97 Å². The smallest absolute Gasteiger partial charge is 0.310 e. The van der Waals surface area contributed by atoms with E-state index in [4.69, 9.17) is 11.6 Å². The van der Waals surface area contributed by atoms with Crippen LogP contribution in [0.1, 0.15) is 43.5 Å². The minimum atomic E-state index is -0.838. The molecule has 2 aromatic carbocycles. The molecule has 3 nitrogen and oxygen atoms in total. The fourth-order valence-electron chi connectivity index (χ4n) is 3.93. The second kappa shape index (κ2) is 7.96. The number of fused-ring (bicyclic) bond motifs is 1. The van der Waals surface area contributed by atoms with E-state index in [1.807, 2.05) is 45.0 Å². The summed E-state index contributed by atoms with van der Waals surface area (Å²) in [5, 5.41) is 11.4. The van der Waals surface area contributed by atoms with Gasteiger partial charge in [-0.2, -0.15) is 0 Å². The Kier molecular flexibility index (Phi) is 5.80. The van der Waals surface area contributed by atoms with Crippen molar-refractivity contribution in [1.82, 2.24) is 4.57 Å². The molecular weight excluding hydrogens is 377 g/mol. The minimum Gasteiger partial charge on any atom is -0.481 e. The van der Waals surface area contributed by atoms with Crippen molar-refractivity contribution in [2.24, 2.45) is 5.41 Å². The molecule has 1 aromatic heterocycles. The number of hydrogen-bond acceptors (Lipinski definition) is 1. The van der Waals surface area contributed by atoms with E-state index in [1.54, 1.807) is 6.07 Å². The molecule has 0 saturated heterocycles. The quantitative estimate of drug-likeness (QED) is 0.510. The predicted molar refractivity (Wildman–Crippen MR) is 112 cm³/mol. The van der Waals surface area contributed by atoms with Crippen molar-refractivity contribution < 1.29 is 14.3 Å². The summed E-state index contributed by atoms with van der Waals surface area (Å²) in [7, 11) is 0. The number of aromatic nitrogens is 1. The van der Waals surface area contributed by atoms with Crippen molar-refractivity contribution in [3.63, 3.8) is 0 Å². The molecule has 0 atom stereocenters. The lowest BCUT2D eigenvalue weighted by Gasteiger charge is -2.28. The fourth-order valence-corrected chi connectivity index (χ4v) is 4.05. The van der Waals surface area contributed by atoms with Gasteiger partial charge in [-0.1, -0.05) is 37.6 Å². The van der Waals surface area contributed by atoms with Crippen LogP contribution in [0.3, 0.4) is 0 Å². The van der Waals surface area contributed by atoms with Gasteiger partial charge in [0.05, 0.1) is 5.41 Å². The van der Waals surface area contributed by atoms with Crippen molar-refractivity contribution in [2.75, 3.05) is 0 Å². The van der Waals surface area contributed by atoms with Gasteiger partial charge in [0.25, 0.3) is 0 Å². The first-order valence-corrected chi connectivity index (χ1v) is 9.94. The molecule has 0 radical (unpaired) electrons. The molecule has 3 aromatic rings. The molecule has 1 heterocycles. The summed E-state index contributed by atoms with van der Waals surface area (Å²) in [6.45, 7) is 6.36. The molecule has 0 bridgehead atoms. The van der Waals surface area contributed by atoms with Gasteiger partial charge in [0, 0.05) is 34.6 Å². The molecule has 0 unspecified atom stereocenters. The highest BCUT2D eigenvalue weighted by molar-refractivity contribution is 6.30. The van der Waals surface area contributed by atoms with Gasteiger partial charge in [-0.3, -0.25) is 4.79 Å². The van der Waals surface area contributed by atoms with Crippen LogP contribution < -0.4 is 0 Å². The van der Waals surface area contributed by atoms with E-state index in [0.717, 1.165) is 27.7 Å². The Bertz CT molecular complexity index is 1000. The number of carboxylic acid groups (broad SMARTS) is 1. The summed E-state index contributed by atoms with van der Waals surface area (Å²) >= 11 is 6.01. The van der Waals surface area contributed by atoms with Gasteiger partial charge in [0.1, 0.15) is 5.82 Å². The van der Waals surface area contributed by atoms with Crippen molar-refractivity contribution in [1.29, 1.82) is 0 Å². The number of aliphatic carboxylic acids is 1. The maximum Gasteiger partial charge on any atom is 0.310 e. The summed E-state index contributed by atoms with van der Waals surface area (Å²) in [5.41, 5.74) is 3.02. The van der Waals surface area contributed by atoms with Gasteiger partial charge in [0.2, 0.25) is 0 Å². The number of halogens is 2. The van der Waals surface area contributed by atoms with Gasteiger partial charge in [-0.05, 0) is 61.2 Å².